The molecular formula is C17H15BrN2O5S. The first-order valence-electron chi connectivity index (χ1n) is 7.65. The predicted octanol–water partition coefficient (Wildman–Crippen LogP) is 1.51. The molecule has 1 fully saturated rings. The number of rotatable bonds is 4. The van der Waals surface area contributed by atoms with Gasteiger partial charge in [-0.2, -0.15) is 0 Å². The van der Waals surface area contributed by atoms with E-state index in [1.807, 2.05) is 4.72 Å². The second-order valence-electron chi connectivity index (χ2n) is 5.59. The molecule has 2 aromatic carbocycles. The van der Waals surface area contributed by atoms with Crippen LogP contribution in [0.3, 0.4) is 0 Å². The van der Waals surface area contributed by atoms with E-state index < -0.39 is 28.1 Å². The average molecular weight is 439 g/mol. The summed E-state index contributed by atoms with van der Waals surface area (Å²) >= 11 is 3.16. The first-order chi connectivity index (χ1) is 12.4. The molecule has 7 nitrogen and oxygen atoms in total. The van der Waals surface area contributed by atoms with E-state index in [1.54, 1.807) is 48.5 Å². The molecule has 2 N–H and O–H groups in total. The Kier molecular flexibility index (Phi) is 5.40. The molecule has 0 radical (unpaired) electrons. The fourth-order valence-corrected chi connectivity index (χ4v) is 4.60. The van der Waals surface area contributed by atoms with Gasteiger partial charge in [0.2, 0.25) is 5.91 Å². The number of benzene rings is 2. The maximum absolute atomic E-state index is 12.6. The van der Waals surface area contributed by atoms with E-state index >= 15 is 0 Å². The topological polar surface area (TPSA) is 102 Å². The fourth-order valence-electron chi connectivity index (χ4n) is 2.61. The lowest BCUT2D eigenvalue weighted by Crippen LogP contribution is -2.53. The van der Waals surface area contributed by atoms with Crippen LogP contribution in [0.1, 0.15) is 11.6 Å². The highest BCUT2D eigenvalue weighted by Crippen LogP contribution is 2.24. The molecule has 2 atom stereocenters. The highest BCUT2D eigenvalue weighted by atomic mass is 79.9. The van der Waals surface area contributed by atoms with Gasteiger partial charge in [0.1, 0.15) is 11.5 Å². The average Bonchev–Trinajstić information content (AvgIpc) is 2.62. The van der Waals surface area contributed by atoms with E-state index in [1.165, 1.54) is 6.07 Å². The molecule has 0 bridgehead atoms. The zero-order valence-corrected chi connectivity index (χ0v) is 15.8. The van der Waals surface area contributed by atoms with Crippen molar-refractivity contribution in [2.24, 2.45) is 0 Å². The van der Waals surface area contributed by atoms with Crippen LogP contribution in [0.2, 0.25) is 0 Å². The van der Waals surface area contributed by atoms with E-state index in [0.29, 0.717) is 10.0 Å². The van der Waals surface area contributed by atoms with Crippen LogP contribution >= 0.6 is 15.9 Å². The summed E-state index contributed by atoms with van der Waals surface area (Å²) in [6, 6.07) is 14.1. The van der Waals surface area contributed by atoms with Crippen LogP contribution in [0, 0.1) is 0 Å². The molecule has 136 valence electrons. The number of hydrogen-bond acceptors (Lipinski definition) is 5. The molecule has 3 rings (SSSR count). The second-order valence-corrected chi connectivity index (χ2v) is 8.09. The maximum Gasteiger partial charge on any atom is 0.265 e. The molecule has 1 heterocycles. The summed E-state index contributed by atoms with van der Waals surface area (Å²) < 4.78 is 32.7. The van der Waals surface area contributed by atoms with E-state index in [-0.39, 0.29) is 17.4 Å². The van der Waals surface area contributed by atoms with Crippen molar-refractivity contribution in [3.05, 3.63) is 64.6 Å². The summed E-state index contributed by atoms with van der Waals surface area (Å²) in [6.45, 7) is -0.323. The molecule has 2 amide bonds. The van der Waals surface area contributed by atoms with Gasteiger partial charge < -0.3 is 10.1 Å². The first-order valence-corrected chi connectivity index (χ1v) is 9.93. The van der Waals surface area contributed by atoms with Crippen LogP contribution < -0.4 is 10.0 Å². The Hall–Kier alpha value is -2.23. The Labute approximate surface area is 158 Å². The summed E-state index contributed by atoms with van der Waals surface area (Å²) in [4.78, 5) is 24.2. The van der Waals surface area contributed by atoms with Gasteiger partial charge in [-0.3, -0.25) is 9.59 Å². The number of morpholine rings is 1. The molecule has 0 saturated carbocycles. The molecule has 26 heavy (non-hydrogen) atoms. The van der Waals surface area contributed by atoms with Gasteiger partial charge in [-0.25, -0.2) is 13.1 Å². The predicted molar refractivity (Wildman–Crippen MR) is 96.5 cm³/mol. The van der Waals surface area contributed by atoms with Gasteiger partial charge in [-0.05, 0) is 33.6 Å². The molecule has 0 unspecified atom stereocenters. The van der Waals surface area contributed by atoms with Crippen LogP contribution in [0.5, 0.6) is 0 Å². The van der Waals surface area contributed by atoms with E-state index in [0.717, 1.165) is 0 Å². The van der Waals surface area contributed by atoms with Gasteiger partial charge in [0.05, 0.1) is 6.04 Å². The number of amides is 2. The molecule has 1 aliphatic heterocycles. The van der Waals surface area contributed by atoms with E-state index in [4.69, 9.17) is 4.74 Å². The van der Waals surface area contributed by atoms with Crippen LogP contribution in [-0.2, 0) is 24.3 Å². The molecule has 0 spiro atoms. The lowest BCUT2D eigenvalue weighted by atomic mass is 9.99. The number of nitrogens with one attached hydrogen (secondary N) is 2. The van der Waals surface area contributed by atoms with Gasteiger partial charge in [0.25, 0.3) is 15.9 Å². The Morgan fingerprint density at radius 1 is 1.12 bits per heavy atom. The third-order valence-corrected chi connectivity index (χ3v) is 6.15. The van der Waals surface area contributed by atoms with Crippen molar-refractivity contribution < 1.29 is 22.7 Å². The highest BCUT2D eigenvalue weighted by molar-refractivity contribution is 9.10. The minimum absolute atomic E-state index is 0.0653. The lowest BCUT2D eigenvalue weighted by Gasteiger charge is -2.31. The summed E-state index contributed by atoms with van der Waals surface area (Å²) in [5, 5.41) is 2.67. The van der Waals surface area contributed by atoms with Crippen LogP contribution in [-0.4, -0.2) is 32.9 Å². The summed E-state index contributed by atoms with van der Waals surface area (Å²) in [7, 11) is -4.10. The minimum atomic E-state index is -4.10. The number of ether oxygens (including phenoxy) is 1. The SMILES string of the molecule is O=C1CO[C@@H](C(=O)NS(=O)(=O)c2ccccc2Br)[C@@H](c2ccccc2)N1. The van der Waals surface area contributed by atoms with Gasteiger partial charge in [0.15, 0.2) is 6.10 Å². The summed E-state index contributed by atoms with van der Waals surface area (Å²) in [6.07, 6.45) is -1.17. The van der Waals surface area contributed by atoms with Gasteiger partial charge in [-0.1, -0.05) is 42.5 Å². The number of carbonyl (C=O) groups excluding carboxylic acids is 2. The Bertz CT molecular complexity index is 933. The monoisotopic (exact) mass is 438 g/mol. The standard InChI is InChI=1S/C17H15BrN2O5S/c18-12-8-4-5-9-13(12)26(23,24)20-17(22)16-15(19-14(21)10-25-16)11-6-2-1-3-7-11/h1-9,15-16H,10H2,(H,19,21)(H,20,22)/t15-,16-/m1/s1. The zero-order valence-electron chi connectivity index (χ0n) is 13.4. The Morgan fingerprint density at radius 3 is 2.46 bits per heavy atom. The molecule has 9 heteroatoms. The number of halogens is 1. The van der Waals surface area contributed by atoms with Crippen molar-refractivity contribution in [1.29, 1.82) is 0 Å². The third-order valence-electron chi connectivity index (χ3n) is 3.79. The van der Waals surface area contributed by atoms with Crippen molar-refractivity contribution in [3.8, 4) is 0 Å². The van der Waals surface area contributed by atoms with Crippen LogP contribution in [0.4, 0.5) is 0 Å². The minimum Gasteiger partial charge on any atom is -0.356 e. The van der Waals surface area contributed by atoms with Gasteiger partial charge in [0, 0.05) is 4.47 Å². The van der Waals surface area contributed by atoms with Crippen molar-refractivity contribution in [3.63, 3.8) is 0 Å². The molecule has 2 aromatic rings. The number of sulfonamides is 1. The summed E-state index contributed by atoms with van der Waals surface area (Å²) in [5.41, 5.74) is 0.638. The van der Waals surface area contributed by atoms with Crippen molar-refractivity contribution in [2.75, 3.05) is 6.61 Å². The van der Waals surface area contributed by atoms with Crippen molar-refractivity contribution in [1.82, 2.24) is 10.0 Å². The zero-order chi connectivity index (χ0) is 18.7. The fraction of sp³-hybridized carbons (Fsp3) is 0.176. The van der Waals surface area contributed by atoms with Crippen LogP contribution in [0.15, 0.2) is 64.0 Å². The Morgan fingerprint density at radius 2 is 1.77 bits per heavy atom. The van der Waals surface area contributed by atoms with E-state index in [2.05, 4.69) is 21.2 Å². The highest BCUT2D eigenvalue weighted by Gasteiger charge is 2.38. The van der Waals surface area contributed by atoms with Crippen LogP contribution in [0.25, 0.3) is 0 Å². The smallest absolute Gasteiger partial charge is 0.265 e. The van der Waals surface area contributed by atoms with Crippen molar-refractivity contribution in [2.45, 2.75) is 17.0 Å². The molecular weight excluding hydrogens is 424 g/mol. The number of carbonyl (C=O) groups is 2. The molecule has 0 aliphatic carbocycles. The largest absolute Gasteiger partial charge is 0.356 e. The molecule has 1 saturated heterocycles. The maximum atomic E-state index is 12.6. The van der Waals surface area contributed by atoms with E-state index in [9.17, 15) is 18.0 Å². The summed E-state index contributed by atoms with van der Waals surface area (Å²) in [5.74, 6) is -1.23. The molecule has 0 aromatic heterocycles. The Balaban J connectivity index is 1.86. The van der Waals surface area contributed by atoms with Gasteiger partial charge in [-0.15, -0.1) is 0 Å². The van der Waals surface area contributed by atoms with Crippen molar-refractivity contribution >= 4 is 37.8 Å². The van der Waals surface area contributed by atoms with Gasteiger partial charge >= 0.3 is 0 Å². The third kappa shape index (κ3) is 3.95. The number of hydrogen-bond donors (Lipinski definition) is 2. The lowest BCUT2D eigenvalue weighted by molar-refractivity contribution is -0.146. The molecule has 1 aliphatic rings. The quantitative estimate of drug-likeness (QED) is 0.752. The first kappa shape index (κ1) is 18.6. The normalized spacial score (nSPS) is 20.3. The second kappa shape index (κ2) is 7.56.